The predicted octanol–water partition coefficient (Wildman–Crippen LogP) is -1.29. The van der Waals surface area contributed by atoms with Gasteiger partial charge in [0, 0.05) is 10.7 Å². The third kappa shape index (κ3) is 2.09. The average Bonchev–Trinajstić information content (AvgIpc) is 2.03. The van der Waals surface area contributed by atoms with Crippen molar-refractivity contribution >= 4 is 29.6 Å². The molecule has 0 bridgehead atoms. The molecule has 0 aromatic carbocycles. The Morgan fingerprint density at radius 3 is 2.00 bits per heavy atom. The number of hydrogen-bond donors (Lipinski definition) is 1. The maximum atomic E-state index is 10.8. The van der Waals surface area contributed by atoms with Gasteiger partial charge < -0.3 is 5.11 Å². The molecule has 0 amide bonds. The van der Waals surface area contributed by atoms with Gasteiger partial charge in [0.05, 0.1) is 17.6 Å². The summed E-state index contributed by atoms with van der Waals surface area (Å²) >= 11 is 0. The molecule has 1 aliphatic heterocycles. The van der Waals surface area contributed by atoms with Crippen LogP contribution < -0.4 is 0 Å². The van der Waals surface area contributed by atoms with Crippen LogP contribution in [0.3, 0.4) is 0 Å². The highest BCUT2D eigenvalue weighted by atomic mass is 35.7. The molecule has 12 heavy (non-hydrogen) atoms. The van der Waals surface area contributed by atoms with E-state index in [0.717, 1.165) is 0 Å². The summed E-state index contributed by atoms with van der Waals surface area (Å²) in [4.78, 5) is 0. The van der Waals surface area contributed by atoms with Gasteiger partial charge in [0.2, 0.25) is 9.05 Å². The summed E-state index contributed by atoms with van der Waals surface area (Å²) in [6.07, 6.45) is -1.39. The van der Waals surface area contributed by atoms with Gasteiger partial charge in [0.25, 0.3) is 0 Å². The topological polar surface area (TPSA) is 88.5 Å². The Labute approximate surface area is 74.7 Å². The van der Waals surface area contributed by atoms with Crippen molar-refractivity contribution in [3.05, 3.63) is 0 Å². The van der Waals surface area contributed by atoms with Crippen LogP contribution in [0.1, 0.15) is 0 Å². The van der Waals surface area contributed by atoms with Gasteiger partial charge in [-0.15, -0.1) is 0 Å². The second-order valence-electron chi connectivity index (χ2n) is 2.66. The Morgan fingerprint density at radius 2 is 1.83 bits per heavy atom. The maximum absolute atomic E-state index is 10.8. The van der Waals surface area contributed by atoms with Crippen LogP contribution >= 0.6 is 10.7 Å². The number of aliphatic hydroxyl groups is 1. The zero-order valence-electron chi connectivity index (χ0n) is 5.84. The minimum absolute atomic E-state index is 0.524. The summed E-state index contributed by atoms with van der Waals surface area (Å²) in [5.74, 6) is -1.11. The van der Waals surface area contributed by atoms with Crippen LogP contribution in [0, 0.1) is 0 Å². The number of hydrogen-bond acceptors (Lipinski definition) is 5. The minimum atomic E-state index is -3.98. The molecule has 2 atom stereocenters. The molecule has 0 aromatic rings. The fourth-order valence-electron chi connectivity index (χ4n) is 1.07. The summed E-state index contributed by atoms with van der Waals surface area (Å²) < 4.78 is 43.0. The van der Waals surface area contributed by atoms with E-state index in [-0.39, 0.29) is 0 Å². The summed E-state index contributed by atoms with van der Waals surface area (Å²) in [5, 5.41) is 7.65. The van der Waals surface area contributed by atoms with Crippen LogP contribution in [0.25, 0.3) is 0 Å². The first-order valence-electron chi connectivity index (χ1n) is 3.04. The van der Waals surface area contributed by atoms with E-state index >= 15 is 0 Å². The third-order valence-corrected chi connectivity index (χ3v) is 5.45. The molecular formula is C4H7ClO5S2. The van der Waals surface area contributed by atoms with Gasteiger partial charge in [0.1, 0.15) is 5.25 Å². The lowest BCUT2D eigenvalue weighted by Gasteiger charge is -2.06. The van der Waals surface area contributed by atoms with Crippen LogP contribution in [-0.2, 0) is 18.9 Å². The lowest BCUT2D eigenvalue weighted by Crippen LogP contribution is -2.29. The fraction of sp³-hybridized carbons (Fsp3) is 1.00. The normalized spacial score (nSPS) is 35.2. The van der Waals surface area contributed by atoms with Gasteiger partial charge in [-0.25, -0.2) is 16.8 Å². The Hall–Kier alpha value is 0.150. The van der Waals surface area contributed by atoms with Crippen LogP contribution in [0.15, 0.2) is 0 Å². The van der Waals surface area contributed by atoms with E-state index in [1.165, 1.54) is 0 Å². The number of aliphatic hydroxyl groups excluding tert-OH is 1. The largest absolute Gasteiger partial charge is 0.391 e. The molecule has 0 spiro atoms. The molecule has 72 valence electrons. The summed E-state index contributed by atoms with van der Waals surface area (Å²) in [6.45, 7) is 0. The van der Waals surface area contributed by atoms with E-state index in [2.05, 4.69) is 0 Å². The van der Waals surface area contributed by atoms with E-state index in [9.17, 15) is 16.8 Å². The smallest absolute Gasteiger partial charge is 0.239 e. The SMILES string of the molecule is O=S1(=O)C[C@H](O)[C@@H](S(=O)(=O)Cl)C1. The molecule has 1 fully saturated rings. The fourth-order valence-corrected chi connectivity index (χ4v) is 5.36. The van der Waals surface area contributed by atoms with Gasteiger partial charge in [0.15, 0.2) is 9.84 Å². The molecule has 1 aliphatic rings. The molecule has 0 aromatic heterocycles. The standard InChI is InChI=1S/C4H7ClO5S2/c5-12(9,10)4-2-11(7,8)1-3(4)6/h3-4,6H,1-2H2/t3-,4-/m0/s1. The highest BCUT2D eigenvalue weighted by molar-refractivity contribution is 8.15. The molecule has 1 rings (SSSR count). The van der Waals surface area contributed by atoms with Gasteiger partial charge in [-0.3, -0.25) is 0 Å². The molecule has 0 radical (unpaired) electrons. The zero-order chi connectivity index (χ0) is 9.57. The number of sulfone groups is 1. The molecule has 0 unspecified atom stereocenters. The van der Waals surface area contributed by atoms with Crippen LogP contribution in [0.2, 0.25) is 0 Å². The molecule has 1 heterocycles. The minimum Gasteiger partial charge on any atom is -0.391 e. The Morgan fingerprint density at radius 1 is 1.33 bits per heavy atom. The first kappa shape index (κ1) is 10.2. The van der Waals surface area contributed by atoms with Crippen LogP contribution in [0.4, 0.5) is 0 Å². The first-order chi connectivity index (χ1) is 5.22. The molecule has 8 heteroatoms. The monoisotopic (exact) mass is 234 g/mol. The second kappa shape index (κ2) is 2.83. The Bertz CT molecular complexity index is 368. The quantitative estimate of drug-likeness (QED) is 0.571. The average molecular weight is 235 g/mol. The van der Waals surface area contributed by atoms with E-state index in [1.807, 2.05) is 0 Å². The lowest BCUT2D eigenvalue weighted by molar-refractivity contribution is 0.205. The van der Waals surface area contributed by atoms with Gasteiger partial charge >= 0.3 is 0 Å². The molecule has 5 nitrogen and oxygen atoms in total. The highest BCUT2D eigenvalue weighted by Crippen LogP contribution is 2.22. The van der Waals surface area contributed by atoms with E-state index in [4.69, 9.17) is 15.8 Å². The van der Waals surface area contributed by atoms with E-state index in [0.29, 0.717) is 0 Å². The summed E-state index contributed by atoms with van der Waals surface area (Å²) in [6, 6.07) is 0. The van der Waals surface area contributed by atoms with Crippen LogP contribution in [-0.4, -0.2) is 44.8 Å². The van der Waals surface area contributed by atoms with Gasteiger partial charge in [-0.1, -0.05) is 0 Å². The lowest BCUT2D eigenvalue weighted by atomic mass is 10.3. The highest BCUT2D eigenvalue weighted by Gasteiger charge is 2.43. The molecule has 0 aliphatic carbocycles. The zero-order valence-corrected chi connectivity index (χ0v) is 8.23. The maximum Gasteiger partial charge on any atom is 0.239 e. The molecular weight excluding hydrogens is 228 g/mol. The predicted molar refractivity (Wildman–Crippen MR) is 43.2 cm³/mol. The van der Waals surface area contributed by atoms with Crippen molar-refractivity contribution in [1.29, 1.82) is 0 Å². The second-order valence-corrected chi connectivity index (χ2v) is 7.66. The van der Waals surface area contributed by atoms with E-state index < -0.39 is 41.7 Å². The van der Waals surface area contributed by atoms with Gasteiger partial charge in [-0.2, -0.15) is 0 Å². The van der Waals surface area contributed by atoms with Crippen molar-refractivity contribution in [1.82, 2.24) is 0 Å². The summed E-state index contributed by atoms with van der Waals surface area (Å²) in [7, 11) is -2.51. The number of halogens is 1. The summed E-state index contributed by atoms with van der Waals surface area (Å²) in [5.41, 5.74) is 0. The van der Waals surface area contributed by atoms with Crippen molar-refractivity contribution in [2.45, 2.75) is 11.4 Å². The van der Waals surface area contributed by atoms with Crippen molar-refractivity contribution in [2.75, 3.05) is 11.5 Å². The van der Waals surface area contributed by atoms with E-state index in [1.54, 1.807) is 0 Å². The van der Waals surface area contributed by atoms with Crippen molar-refractivity contribution in [2.24, 2.45) is 0 Å². The molecule has 0 saturated carbocycles. The Kier molecular flexibility index (Phi) is 2.41. The molecule has 1 N–H and O–H groups in total. The number of rotatable bonds is 1. The Balaban J connectivity index is 3.01. The van der Waals surface area contributed by atoms with Gasteiger partial charge in [-0.05, 0) is 0 Å². The third-order valence-electron chi connectivity index (χ3n) is 1.63. The van der Waals surface area contributed by atoms with Crippen molar-refractivity contribution in [3.8, 4) is 0 Å². The van der Waals surface area contributed by atoms with Crippen molar-refractivity contribution < 1.29 is 21.9 Å². The van der Waals surface area contributed by atoms with Crippen molar-refractivity contribution in [3.63, 3.8) is 0 Å². The van der Waals surface area contributed by atoms with Crippen LogP contribution in [0.5, 0.6) is 0 Å². The first-order valence-corrected chi connectivity index (χ1v) is 7.24. The molecule has 1 saturated heterocycles.